The van der Waals surface area contributed by atoms with Gasteiger partial charge < -0.3 is 21.3 Å². The van der Waals surface area contributed by atoms with Crippen LogP contribution in [-0.4, -0.2) is 23.6 Å². The molecular weight excluding hydrogens is 993 g/mol. The van der Waals surface area contributed by atoms with E-state index in [0.29, 0.717) is 25.7 Å². The van der Waals surface area contributed by atoms with Gasteiger partial charge in [-0.1, -0.05) is 194 Å². The standard InChI is InChI=1S/C62H80N4O4S4/c1-45(49-29-13-5-14-30-49)63-57(67)41-25-9-21-37-53-54(38-22-10-26-42-58(68)64-46(2)50-31-15-6-16-32-50)72-61(71-53)62-73-55(39-23-11-27-43-59(69)65-47(3)51-33-17-7-18-34-51)56(74-62)40-24-12-28-44-60(70)66-48(4)52-35-19-8-20-36-52/h5-8,13-20,29-36,45-48H,9-12,21-28,37-44H2,1-4H3,(H,63,67)(H,64,68)(H,65,69)(H,66,70)/t45-,46-,47-,48-/m1/s1. The maximum atomic E-state index is 12.9. The predicted molar refractivity (Wildman–Crippen MR) is 316 cm³/mol. The smallest absolute Gasteiger partial charge is 0.220 e. The van der Waals surface area contributed by atoms with E-state index in [9.17, 15) is 19.2 Å². The molecule has 0 saturated carbocycles. The van der Waals surface area contributed by atoms with Crippen LogP contribution in [0.5, 0.6) is 0 Å². The zero-order valence-electron chi connectivity index (χ0n) is 44.3. The van der Waals surface area contributed by atoms with Crippen molar-refractivity contribution in [3.05, 3.63) is 172 Å². The predicted octanol–water partition coefficient (Wildman–Crippen LogP) is 16.8. The quantitative estimate of drug-likeness (QED) is 0.0358. The van der Waals surface area contributed by atoms with E-state index >= 15 is 0 Å². The number of thioether (sulfide) groups is 4. The summed E-state index contributed by atoms with van der Waals surface area (Å²) in [6.07, 6.45) is 17.8. The molecule has 0 fully saturated rings. The average molecular weight is 1070 g/mol. The van der Waals surface area contributed by atoms with Gasteiger partial charge in [0.05, 0.1) is 32.6 Å². The Balaban J connectivity index is 1.03. The zero-order chi connectivity index (χ0) is 52.3. The molecule has 8 nitrogen and oxygen atoms in total. The van der Waals surface area contributed by atoms with Crippen LogP contribution in [-0.2, 0) is 19.2 Å². The molecule has 4 amide bonds. The number of hydrogen-bond donors (Lipinski definition) is 4. The lowest BCUT2D eigenvalue weighted by Crippen LogP contribution is -2.26. The van der Waals surface area contributed by atoms with Crippen LogP contribution >= 0.6 is 47.0 Å². The molecule has 74 heavy (non-hydrogen) atoms. The van der Waals surface area contributed by atoms with Crippen LogP contribution in [0.3, 0.4) is 0 Å². The lowest BCUT2D eigenvalue weighted by Gasteiger charge is -2.14. The normalized spacial score (nSPS) is 15.2. The Morgan fingerprint density at radius 1 is 0.311 bits per heavy atom. The van der Waals surface area contributed by atoms with E-state index in [1.165, 1.54) is 28.1 Å². The highest BCUT2D eigenvalue weighted by Gasteiger charge is 2.29. The lowest BCUT2D eigenvalue weighted by molar-refractivity contribution is -0.122. The van der Waals surface area contributed by atoms with Crippen molar-refractivity contribution in [2.75, 3.05) is 0 Å². The fraction of sp³-hybridized carbons (Fsp3) is 0.452. The molecule has 396 valence electrons. The fourth-order valence-corrected chi connectivity index (χ4v) is 15.3. The van der Waals surface area contributed by atoms with Gasteiger partial charge in [0.15, 0.2) is 0 Å². The third kappa shape index (κ3) is 20.8. The van der Waals surface area contributed by atoms with Gasteiger partial charge in [0, 0.05) is 45.3 Å². The highest BCUT2D eigenvalue weighted by molar-refractivity contribution is 8.34. The summed E-state index contributed by atoms with van der Waals surface area (Å²) in [6.45, 7) is 8.17. The highest BCUT2D eigenvalue weighted by atomic mass is 32.2. The van der Waals surface area contributed by atoms with Gasteiger partial charge in [-0.2, -0.15) is 0 Å². The topological polar surface area (TPSA) is 116 Å². The molecule has 0 bridgehead atoms. The number of allylic oxidation sites excluding steroid dienone is 4. The molecule has 2 heterocycles. The maximum absolute atomic E-state index is 12.9. The summed E-state index contributed by atoms with van der Waals surface area (Å²) in [5.41, 5.74) is 4.47. The van der Waals surface area contributed by atoms with Crippen LogP contribution in [0.15, 0.2) is 149 Å². The molecule has 4 atom stereocenters. The van der Waals surface area contributed by atoms with Crippen LogP contribution in [0, 0.1) is 0 Å². The molecule has 4 aromatic rings. The first-order valence-corrected chi connectivity index (χ1v) is 30.6. The van der Waals surface area contributed by atoms with Crippen molar-refractivity contribution in [1.82, 2.24) is 21.3 Å². The lowest BCUT2D eigenvalue weighted by atomic mass is 10.1. The minimum atomic E-state index is -0.0101. The van der Waals surface area contributed by atoms with Crippen LogP contribution in [0.25, 0.3) is 0 Å². The first-order valence-electron chi connectivity index (χ1n) is 27.3. The van der Waals surface area contributed by atoms with E-state index in [-0.39, 0.29) is 47.8 Å². The van der Waals surface area contributed by atoms with Crippen LogP contribution in [0.2, 0.25) is 0 Å². The summed E-state index contributed by atoms with van der Waals surface area (Å²) in [5, 5.41) is 12.7. The Morgan fingerprint density at radius 3 is 0.716 bits per heavy atom. The molecule has 0 aromatic heterocycles. The van der Waals surface area contributed by atoms with E-state index in [4.69, 9.17) is 0 Å². The maximum Gasteiger partial charge on any atom is 0.220 e. The monoisotopic (exact) mass is 1070 g/mol. The van der Waals surface area contributed by atoms with Gasteiger partial charge in [-0.15, -0.1) is 0 Å². The molecule has 4 N–H and O–H groups in total. The molecule has 6 rings (SSSR count). The Morgan fingerprint density at radius 2 is 0.514 bits per heavy atom. The number of nitrogens with one attached hydrogen (secondary N) is 4. The second kappa shape index (κ2) is 32.7. The van der Waals surface area contributed by atoms with Gasteiger partial charge in [-0.25, -0.2) is 0 Å². The molecule has 0 unspecified atom stereocenters. The number of amides is 4. The molecular formula is C62H80N4O4S4. The molecule has 2 aliphatic rings. The molecule has 12 heteroatoms. The summed E-state index contributed by atoms with van der Waals surface area (Å²) >= 11 is 7.85. The largest absolute Gasteiger partial charge is 0.350 e. The summed E-state index contributed by atoms with van der Waals surface area (Å²) in [5.74, 6) is 0.424. The number of benzene rings is 4. The van der Waals surface area contributed by atoms with Gasteiger partial charge in [0.25, 0.3) is 0 Å². The first kappa shape index (κ1) is 58.6. The van der Waals surface area contributed by atoms with Gasteiger partial charge in [-0.05, 0) is 127 Å². The van der Waals surface area contributed by atoms with Gasteiger partial charge in [-0.3, -0.25) is 19.2 Å². The van der Waals surface area contributed by atoms with Crippen molar-refractivity contribution in [3.8, 4) is 0 Å². The van der Waals surface area contributed by atoms with Gasteiger partial charge in [0.1, 0.15) is 0 Å². The van der Waals surface area contributed by atoms with Crippen molar-refractivity contribution in [2.45, 2.75) is 180 Å². The Kier molecular flexibility index (Phi) is 25.9. The van der Waals surface area contributed by atoms with Crippen LogP contribution in [0.1, 0.15) is 203 Å². The average Bonchev–Trinajstić information content (AvgIpc) is 4.02. The summed E-state index contributed by atoms with van der Waals surface area (Å²) in [7, 11) is 0. The first-order chi connectivity index (χ1) is 36.0. The second-order valence-electron chi connectivity index (χ2n) is 19.7. The number of carbonyl (C=O) groups excluding carboxylic acids is 4. The summed E-state index contributed by atoms with van der Waals surface area (Å²) in [6, 6.07) is 40.5. The highest BCUT2D eigenvalue weighted by Crippen LogP contribution is 2.62. The van der Waals surface area contributed by atoms with E-state index in [1.807, 2.05) is 148 Å². The van der Waals surface area contributed by atoms with Crippen LogP contribution in [0.4, 0.5) is 0 Å². The Labute approximate surface area is 460 Å². The van der Waals surface area contributed by atoms with Crippen LogP contribution < -0.4 is 21.3 Å². The second-order valence-corrected chi connectivity index (χ2v) is 24.7. The number of hydrogen-bond acceptors (Lipinski definition) is 8. The number of carbonyl (C=O) groups is 4. The SMILES string of the molecule is C[C@@H](NC(=O)CCCCCC1=C(CCCCCC(=O)N[C@H](C)c2ccccc2)SC(=C2SC(CCCCCC(=O)N[C@H](C)c3ccccc3)=C(CCCCCC(=O)N[C@H](C)c3ccccc3)S2)S1)c1ccccc1. The third-order valence-electron chi connectivity index (χ3n) is 13.6. The Bertz CT molecular complexity index is 2130. The van der Waals surface area contributed by atoms with Crippen molar-refractivity contribution in [2.24, 2.45) is 0 Å². The van der Waals surface area contributed by atoms with E-state index in [2.05, 4.69) is 69.8 Å². The Hall–Kier alpha value is -4.62. The molecule has 2 aliphatic heterocycles. The van der Waals surface area contributed by atoms with E-state index in [1.54, 1.807) is 0 Å². The minimum absolute atomic E-state index is 0.0101. The van der Waals surface area contributed by atoms with Gasteiger partial charge >= 0.3 is 0 Å². The van der Waals surface area contributed by atoms with Gasteiger partial charge in [0.2, 0.25) is 23.6 Å². The molecule has 4 aromatic carbocycles. The molecule has 0 aliphatic carbocycles. The zero-order valence-corrected chi connectivity index (χ0v) is 47.5. The molecule has 0 spiro atoms. The summed E-state index contributed by atoms with van der Waals surface area (Å²) < 4.78 is 2.77. The minimum Gasteiger partial charge on any atom is -0.350 e. The van der Waals surface area contributed by atoms with Crippen molar-refractivity contribution < 1.29 is 19.2 Å². The third-order valence-corrected chi connectivity index (χ3v) is 19.7. The van der Waals surface area contributed by atoms with Crippen molar-refractivity contribution in [3.63, 3.8) is 0 Å². The van der Waals surface area contributed by atoms with Crippen molar-refractivity contribution >= 4 is 70.7 Å². The van der Waals surface area contributed by atoms with E-state index in [0.717, 1.165) is 125 Å². The fourth-order valence-electron chi connectivity index (χ4n) is 9.19. The summed E-state index contributed by atoms with van der Waals surface area (Å²) in [4.78, 5) is 57.4. The number of unbranched alkanes of at least 4 members (excludes halogenated alkanes) is 8. The number of rotatable bonds is 32. The van der Waals surface area contributed by atoms with E-state index < -0.39 is 0 Å². The molecule has 0 saturated heterocycles. The molecule has 0 radical (unpaired) electrons. The van der Waals surface area contributed by atoms with Crippen molar-refractivity contribution in [1.29, 1.82) is 0 Å².